The average molecular weight is 467 g/mol. The molecule has 0 aliphatic heterocycles. The van der Waals surface area contributed by atoms with E-state index in [1.807, 2.05) is 58.9 Å². The lowest BCUT2D eigenvalue weighted by Gasteiger charge is -2.27. The van der Waals surface area contributed by atoms with Gasteiger partial charge in [0.2, 0.25) is 5.89 Å². The number of rotatable bonds is 13. The second-order valence-corrected chi connectivity index (χ2v) is 9.91. The predicted molar refractivity (Wildman–Crippen MR) is 123 cm³/mol. The lowest BCUT2D eigenvalue weighted by Crippen LogP contribution is -2.33. The Balaban J connectivity index is 2.10. The molecule has 8 nitrogen and oxygen atoms in total. The molecule has 1 aromatic heterocycles. The molecule has 0 N–H and O–H groups in total. The molecule has 0 spiro atoms. The molecular weight excluding hydrogens is 431 g/mol. The summed E-state index contributed by atoms with van der Waals surface area (Å²) in [5, 5.41) is 3.89. The maximum atomic E-state index is 12.9. The van der Waals surface area contributed by atoms with Gasteiger partial charge in [-0.25, -0.2) is 0 Å². The normalized spacial score (nSPS) is 12.7. The summed E-state index contributed by atoms with van der Waals surface area (Å²) in [6, 6.07) is 7.91. The van der Waals surface area contributed by atoms with Crippen LogP contribution in [0, 0.1) is 0 Å². The third-order valence-corrected chi connectivity index (χ3v) is 6.14. The van der Waals surface area contributed by atoms with Crippen molar-refractivity contribution >= 4 is 14.3 Å². The Hall–Kier alpha value is -2.02. The Morgan fingerprint density at radius 3 is 2.31 bits per heavy atom. The Morgan fingerprint density at radius 1 is 1.09 bits per heavy atom. The standard InChI is InChI=1S/C23H35N2O6P/c1-7-10-11-17-12-14-18(15-13-17)29-22-24-20(31-25-22)16-19(21(26)30-23(4,5)6)32(27-8-2)28-9-3/h12-15,19H,7-11,16H2,1-6H3. The average Bonchev–Trinajstić information content (AvgIpc) is 3.17. The number of hydrogen-bond donors (Lipinski definition) is 0. The maximum Gasteiger partial charge on any atom is 0.359 e. The molecule has 0 amide bonds. The van der Waals surface area contributed by atoms with Crippen molar-refractivity contribution in [1.82, 2.24) is 10.1 Å². The van der Waals surface area contributed by atoms with E-state index in [2.05, 4.69) is 17.1 Å². The Morgan fingerprint density at radius 2 is 1.75 bits per heavy atom. The van der Waals surface area contributed by atoms with Crippen molar-refractivity contribution in [2.75, 3.05) is 13.2 Å². The molecule has 0 radical (unpaired) electrons. The molecule has 1 aromatic carbocycles. The second-order valence-electron chi connectivity index (χ2n) is 8.19. The highest BCUT2D eigenvalue weighted by molar-refractivity contribution is 7.49. The number of ether oxygens (including phenoxy) is 2. The van der Waals surface area contributed by atoms with E-state index < -0.39 is 25.6 Å². The van der Waals surface area contributed by atoms with Gasteiger partial charge in [-0.3, -0.25) is 4.79 Å². The first-order valence-electron chi connectivity index (χ1n) is 11.1. The zero-order valence-corrected chi connectivity index (χ0v) is 20.8. The molecule has 2 rings (SSSR count). The van der Waals surface area contributed by atoms with Crippen molar-refractivity contribution in [3.05, 3.63) is 35.7 Å². The summed E-state index contributed by atoms with van der Waals surface area (Å²) < 4.78 is 28.1. The zero-order valence-electron chi connectivity index (χ0n) is 19.9. The van der Waals surface area contributed by atoms with Gasteiger partial charge in [-0.15, -0.1) is 0 Å². The van der Waals surface area contributed by atoms with Crippen LogP contribution in [0.25, 0.3) is 0 Å². The molecule has 0 bridgehead atoms. The molecule has 0 fully saturated rings. The highest BCUT2D eigenvalue weighted by Crippen LogP contribution is 2.46. The number of carbonyl (C=O) groups excluding carboxylic acids is 1. The van der Waals surface area contributed by atoms with Crippen molar-refractivity contribution in [3.63, 3.8) is 0 Å². The predicted octanol–water partition coefficient (Wildman–Crippen LogP) is 5.84. The van der Waals surface area contributed by atoms with Crippen LogP contribution in [-0.2, 0) is 31.4 Å². The zero-order chi connectivity index (χ0) is 23.6. The van der Waals surface area contributed by atoms with Crippen LogP contribution in [0.3, 0.4) is 0 Å². The molecule has 0 aliphatic carbocycles. The fourth-order valence-electron chi connectivity index (χ4n) is 2.82. The summed E-state index contributed by atoms with van der Waals surface area (Å²) in [5.74, 6) is 0.448. The van der Waals surface area contributed by atoms with Gasteiger partial charge in [0.1, 0.15) is 17.0 Å². The quantitative estimate of drug-likeness (QED) is 0.268. The van der Waals surface area contributed by atoms with E-state index in [1.54, 1.807) is 0 Å². The van der Waals surface area contributed by atoms with Crippen molar-refractivity contribution < 1.29 is 27.8 Å². The van der Waals surface area contributed by atoms with E-state index >= 15 is 0 Å². The van der Waals surface area contributed by atoms with Crippen LogP contribution in [0.15, 0.2) is 28.8 Å². The van der Waals surface area contributed by atoms with E-state index in [9.17, 15) is 4.79 Å². The molecule has 32 heavy (non-hydrogen) atoms. The van der Waals surface area contributed by atoms with E-state index in [1.165, 1.54) is 5.56 Å². The van der Waals surface area contributed by atoms with Crippen molar-refractivity contribution in [1.29, 1.82) is 0 Å². The van der Waals surface area contributed by atoms with Crippen LogP contribution in [0.1, 0.15) is 65.8 Å². The van der Waals surface area contributed by atoms with E-state index in [4.69, 9.17) is 23.0 Å². The Bertz CT molecular complexity index is 813. The maximum absolute atomic E-state index is 12.9. The first-order valence-corrected chi connectivity index (χ1v) is 12.4. The largest absolute Gasteiger partial charge is 0.459 e. The fourth-order valence-corrected chi connectivity index (χ4v) is 4.30. The van der Waals surface area contributed by atoms with Crippen molar-refractivity contribution in [3.8, 4) is 11.8 Å². The number of aromatic nitrogens is 2. The van der Waals surface area contributed by atoms with Gasteiger partial charge in [-0.2, -0.15) is 4.98 Å². The molecule has 1 unspecified atom stereocenters. The summed E-state index contributed by atoms with van der Waals surface area (Å²) in [5.41, 5.74) is -0.0788. The van der Waals surface area contributed by atoms with Crippen LogP contribution in [0.2, 0.25) is 0 Å². The van der Waals surface area contributed by atoms with Gasteiger partial charge in [-0.05, 0) is 70.3 Å². The summed E-state index contributed by atoms with van der Waals surface area (Å²) >= 11 is 0. The number of esters is 1. The number of nitrogens with zero attached hydrogens (tertiary/aromatic N) is 2. The second kappa shape index (κ2) is 12.9. The van der Waals surface area contributed by atoms with E-state index in [-0.39, 0.29) is 18.3 Å². The summed E-state index contributed by atoms with van der Waals surface area (Å²) in [6.07, 6.45) is 3.48. The van der Waals surface area contributed by atoms with Gasteiger partial charge in [0.15, 0.2) is 8.38 Å². The molecule has 0 aliphatic rings. The highest BCUT2D eigenvalue weighted by atomic mass is 31.2. The minimum atomic E-state index is -1.53. The highest BCUT2D eigenvalue weighted by Gasteiger charge is 2.36. The van der Waals surface area contributed by atoms with Gasteiger partial charge in [-0.1, -0.05) is 25.5 Å². The number of unbranched alkanes of at least 4 members (excludes halogenated alkanes) is 1. The summed E-state index contributed by atoms with van der Waals surface area (Å²) in [7, 11) is -1.53. The summed E-state index contributed by atoms with van der Waals surface area (Å²) in [4.78, 5) is 17.2. The molecule has 0 saturated carbocycles. The third-order valence-electron chi connectivity index (χ3n) is 4.21. The van der Waals surface area contributed by atoms with Crippen LogP contribution in [-0.4, -0.2) is 40.6 Å². The van der Waals surface area contributed by atoms with Crippen molar-refractivity contribution in [2.24, 2.45) is 0 Å². The van der Waals surface area contributed by atoms with Crippen molar-refractivity contribution in [2.45, 2.75) is 78.5 Å². The molecule has 1 atom stereocenters. The molecule has 0 saturated heterocycles. The van der Waals surface area contributed by atoms with Gasteiger partial charge < -0.3 is 23.0 Å². The number of aryl methyl sites for hydroxylation is 1. The number of benzene rings is 1. The number of carbonyl (C=O) groups is 1. The molecule has 2 aromatic rings. The monoisotopic (exact) mass is 466 g/mol. The SMILES string of the molecule is CCCCc1ccc(Oc2noc(CC(C(=O)OC(C)(C)C)P(OCC)OCC)n2)cc1. The molecule has 1 heterocycles. The van der Waals surface area contributed by atoms with Gasteiger partial charge in [0.05, 0.1) is 13.2 Å². The van der Waals surface area contributed by atoms with E-state index in [0.29, 0.717) is 19.0 Å². The minimum Gasteiger partial charge on any atom is -0.459 e. The van der Waals surface area contributed by atoms with Crippen LogP contribution >= 0.6 is 8.38 Å². The smallest absolute Gasteiger partial charge is 0.359 e. The molecule has 9 heteroatoms. The van der Waals surface area contributed by atoms with Gasteiger partial charge >= 0.3 is 12.0 Å². The lowest BCUT2D eigenvalue weighted by molar-refractivity contribution is -0.154. The Labute approximate surface area is 191 Å². The first kappa shape index (κ1) is 26.2. The minimum absolute atomic E-state index is 0.0846. The van der Waals surface area contributed by atoms with Crippen LogP contribution in [0.4, 0.5) is 0 Å². The molecule has 178 valence electrons. The van der Waals surface area contributed by atoms with Gasteiger partial charge in [0.25, 0.3) is 0 Å². The first-order chi connectivity index (χ1) is 15.3. The van der Waals surface area contributed by atoms with E-state index in [0.717, 1.165) is 19.3 Å². The van der Waals surface area contributed by atoms with Crippen LogP contribution in [0.5, 0.6) is 11.8 Å². The number of hydrogen-bond acceptors (Lipinski definition) is 8. The molecular formula is C23H35N2O6P. The lowest BCUT2D eigenvalue weighted by atomic mass is 10.1. The topological polar surface area (TPSA) is 92.9 Å². The summed E-state index contributed by atoms with van der Waals surface area (Å²) in [6.45, 7) is 12.2. The fraction of sp³-hybridized carbons (Fsp3) is 0.609. The van der Waals surface area contributed by atoms with Gasteiger partial charge in [0, 0.05) is 6.42 Å². The van der Waals surface area contributed by atoms with Crippen LogP contribution < -0.4 is 4.74 Å². The third kappa shape index (κ3) is 8.85. The Kier molecular flexibility index (Phi) is 10.6.